The lowest BCUT2D eigenvalue weighted by Gasteiger charge is -2.30. The molecule has 0 aromatic rings. The quantitative estimate of drug-likeness (QED) is 0.306. The largest absolute Gasteiger partial charge is 0.492 e. The van der Waals surface area contributed by atoms with Crippen LogP contribution in [0, 0.1) is 10.8 Å². The van der Waals surface area contributed by atoms with Crippen molar-refractivity contribution in [3.05, 3.63) is 17.1 Å². The van der Waals surface area contributed by atoms with Crippen LogP contribution in [0.15, 0.2) is 17.2 Å². The molecular weight excluding hydrogens is 233 g/mol. The molecule has 1 fully saturated rings. The average molecular weight is 253 g/mol. The molecule has 0 amide bonds. The van der Waals surface area contributed by atoms with E-state index >= 15 is 0 Å². The molecule has 2 unspecified atom stereocenters. The third kappa shape index (κ3) is 2.64. The Hall–Kier alpha value is -0.755. The third-order valence-electron chi connectivity index (χ3n) is 3.72. The SMILES string of the molecule is NCCCOC1C=CC[C@@H]2C(CN)OB(N=O)[C@H]12. The second kappa shape index (κ2) is 6.42. The Morgan fingerprint density at radius 3 is 3.00 bits per heavy atom. The lowest BCUT2D eigenvalue weighted by atomic mass is 9.59. The fourth-order valence-corrected chi connectivity index (χ4v) is 2.84. The predicted octanol–water partition coefficient (Wildman–Crippen LogP) is 0.279. The van der Waals surface area contributed by atoms with Gasteiger partial charge in [0, 0.05) is 19.0 Å². The minimum absolute atomic E-state index is 0.0150. The summed E-state index contributed by atoms with van der Waals surface area (Å²) >= 11 is 0. The van der Waals surface area contributed by atoms with Crippen molar-refractivity contribution in [2.45, 2.75) is 30.9 Å². The molecule has 18 heavy (non-hydrogen) atoms. The van der Waals surface area contributed by atoms with Gasteiger partial charge in [0.05, 0.1) is 12.2 Å². The highest BCUT2D eigenvalue weighted by molar-refractivity contribution is 6.52. The topological polar surface area (TPSA) is 99.9 Å². The van der Waals surface area contributed by atoms with Crippen LogP contribution in [0.4, 0.5) is 0 Å². The normalized spacial score (nSPS) is 34.7. The molecule has 2 aliphatic rings. The predicted molar refractivity (Wildman–Crippen MR) is 69.9 cm³/mol. The Bertz CT molecular complexity index is 316. The maximum Gasteiger partial charge on any atom is 0.492 e. The molecule has 1 saturated heterocycles. The van der Waals surface area contributed by atoms with Crippen molar-refractivity contribution in [2.75, 3.05) is 19.7 Å². The number of ether oxygens (including phenoxy) is 1. The Labute approximate surface area is 107 Å². The van der Waals surface area contributed by atoms with Gasteiger partial charge >= 0.3 is 7.05 Å². The zero-order chi connectivity index (χ0) is 13.0. The van der Waals surface area contributed by atoms with E-state index in [1.165, 1.54) is 0 Å². The molecule has 1 aliphatic heterocycles. The van der Waals surface area contributed by atoms with Crippen LogP contribution in [0.3, 0.4) is 0 Å². The smallest absolute Gasteiger partial charge is 0.409 e. The summed E-state index contributed by atoms with van der Waals surface area (Å²) in [4.78, 5) is 10.9. The van der Waals surface area contributed by atoms with Gasteiger partial charge in [-0.1, -0.05) is 17.2 Å². The highest BCUT2D eigenvalue weighted by atomic mass is 16.5. The summed E-state index contributed by atoms with van der Waals surface area (Å²) in [5, 5.41) is 3.08. The lowest BCUT2D eigenvalue weighted by molar-refractivity contribution is 0.0593. The van der Waals surface area contributed by atoms with E-state index in [0.717, 1.165) is 12.8 Å². The third-order valence-corrected chi connectivity index (χ3v) is 3.72. The molecule has 1 aliphatic carbocycles. The standard InChI is InChI=1S/C11H20BN3O3/c13-5-2-6-17-9-4-1-3-8-10(7-14)18-12(15-16)11(8)9/h1,4,8-11H,2-3,5-7,13-14H2/t8-,9?,10?,11+/m1/s1. The monoisotopic (exact) mass is 253 g/mol. The number of hydrogen-bond acceptors (Lipinski definition) is 6. The van der Waals surface area contributed by atoms with Crippen molar-refractivity contribution in [3.8, 4) is 0 Å². The van der Waals surface area contributed by atoms with E-state index < -0.39 is 7.05 Å². The molecular formula is C11H20BN3O3. The van der Waals surface area contributed by atoms with E-state index in [4.69, 9.17) is 20.9 Å². The molecule has 0 aromatic carbocycles. The van der Waals surface area contributed by atoms with Crippen LogP contribution in [0.2, 0.25) is 5.82 Å². The first-order valence-corrected chi connectivity index (χ1v) is 6.48. The Morgan fingerprint density at radius 1 is 1.50 bits per heavy atom. The van der Waals surface area contributed by atoms with Crippen molar-refractivity contribution in [1.29, 1.82) is 0 Å². The molecule has 100 valence electrons. The number of nitroso groups, excluding NO2 is 1. The summed E-state index contributed by atoms with van der Waals surface area (Å²) in [5.41, 5.74) is 11.1. The minimum Gasteiger partial charge on any atom is -0.409 e. The van der Waals surface area contributed by atoms with Crippen molar-refractivity contribution in [2.24, 2.45) is 22.5 Å². The molecule has 1 heterocycles. The molecule has 0 radical (unpaired) electrons. The molecule has 0 bridgehead atoms. The van der Waals surface area contributed by atoms with Gasteiger partial charge < -0.3 is 20.9 Å². The van der Waals surface area contributed by atoms with E-state index in [9.17, 15) is 4.91 Å². The van der Waals surface area contributed by atoms with Crippen LogP contribution in [0.1, 0.15) is 12.8 Å². The van der Waals surface area contributed by atoms with Crippen LogP contribution < -0.4 is 11.5 Å². The van der Waals surface area contributed by atoms with Crippen LogP contribution in [0.5, 0.6) is 0 Å². The van der Waals surface area contributed by atoms with Crippen molar-refractivity contribution < 1.29 is 9.39 Å². The first kappa shape index (κ1) is 13.7. The highest BCUT2D eigenvalue weighted by Gasteiger charge is 2.52. The van der Waals surface area contributed by atoms with Crippen LogP contribution in [-0.4, -0.2) is 39.0 Å². The molecule has 6 nitrogen and oxygen atoms in total. The average Bonchev–Trinajstić information content (AvgIpc) is 2.78. The molecule has 4 N–H and O–H groups in total. The highest BCUT2D eigenvalue weighted by Crippen LogP contribution is 2.44. The van der Waals surface area contributed by atoms with E-state index in [-0.39, 0.29) is 23.9 Å². The van der Waals surface area contributed by atoms with Gasteiger partial charge in [0.1, 0.15) is 0 Å². The van der Waals surface area contributed by atoms with Gasteiger partial charge in [0.15, 0.2) is 0 Å². The fourth-order valence-electron chi connectivity index (χ4n) is 2.84. The molecule has 2 rings (SSSR count). The van der Waals surface area contributed by atoms with Crippen molar-refractivity contribution in [3.63, 3.8) is 0 Å². The summed E-state index contributed by atoms with van der Waals surface area (Å²) in [5.74, 6) is 0.212. The molecule has 0 spiro atoms. The van der Waals surface area contributed by atoms with Crippen LogP contribution in [-0.2, 0) is 9.39 Å². The van der Waals surface area contributed by atoms with E-state index in [1.54, 1.807) is 0 Å². The minimum atomic E-state index is -0.642. The summed E-state index contributed by atoms with van der Waals surface area (Å²) in [6.45, 7) is 1.60. The molecule has 4 atom stereocenters. The lowest BCUT2D eigenvalue weighted by Crippen LogP contribution is -2.34. The van der Waals surface area contributed by atoms with Crippen LogP contribution in [0.25, 0.3) is 0 Å². The Morgan fingerprint density at radius 2 is 2.33 bits per heavy atom. The maximum absolute atomic E-state index is 10.9. The second-order valence-corrected chi connectivity index (χ2v) is 4.79. The van der Waals surface area contributed by atoms with Gasteiger partial charge in [-0.25, -0.2) is 0 Å². The van der Waals surface area contributed by atoms with Gasteiger partial charge in [0.2, 0.25) is 0 Å². The second-order valence-electron chi connectivity index (χ2n) is 4.79. The Balaban J connectivity index is 2.04. The molecule has 0 saturated carbocycles. The first-order chi connectivity index (χ1) is 8.81. The number of hydrogen-bond donors (Lipinski definition) is 2. The van der Waals surface area contributed by atoms with Gasteiger partial charge in [-0.3, -0.25) is 0 Å². The van der Waals surface area contributed by atoms with Gasteiger partial charge in [-0.05, 0) is 25.3 Å². The van der Waals surface area contributed by atoms with Gasteiger partial charge in [0.25, 0.3) is 0 Å². The number of fused-ring (bicyclic) bond motifs is 1. The summed E-state index contributed by atoms with van der Waals surface area (Å²) in [6, 6.07) is 0. The zero-order valence-corrected chi connectivity index (χ0v) is 10.4. The number of rotatable bonds is 6. The summed E-state index contributed by atoms with van der Waals surface area (Å²) in [7, 11) is -0.642. The zero-order valence-electron chi connectivity index (χ0n) is 10.4. The van der Waals surface area contributed by atoms with Gasteiger partial charge in [-0.15, -0.1) is 0 Å². The van der Waals surface area contributed by atoms with Crippen LogP contribution >= 0.6 is 0 Å². The van der Waals surface area contributed by atoms with Crippen molar-refractivity contribution >= 4 is 7.05 Å². The van der Waals surface area contributed by atoms with E-state index in [1.807, 2.05) is 6.08 Å². The van der Waals surface area contributed by atoms with Crippen molar-refractivity contribution in [1.82, 2.24) is 0 Å². The molecule has 7 heteroatoms. The first-order valence-electron chi connectivity index (χ1n) is 6.48. The number of nitrogens with two attached hydrogens (primary N) is 2. The summed E-state index contributed by atoms with van der Waals surface area (Å²) in [6.07, 6.45) is 5.54. The van der Waals surface area contributed by atoms with E-state index in [2.05, 4.69) is 11.2 Å². The maximum atomic E-state index is 10.9. The Kier molecular flexibility index (Phi) is 4.88. The number of nitrogens with zero attached hydrogens (tertiary/aromatic N) is 1. The van der Waals surface area contributed by atoms with E-state index in [0.29, 0.717) is 19.7 Å². The summed E-state index contributed by atoms with van der Waals surface area (Å²) < 4.78 is 11.4. The fraction of sp³-hybridized carbons (Fsp3) is 0.818. The molecule has 0 aromatic heterocycles. The van der Waals surface area contributed by atoms with Gasteiger partial charge in [-0.2, -0.15) is 4.91 Å². The number of allylic oxidation sites excluding steroid dienone is 1.